The Hall–Kier alpha value is -1.10. The summed E-state index contributed by atoms with van der Waals surface area (Å²) in [6, 6.07) is 0.365. The Morgan fingerprint density at radius 1 is 1.37 bits per heavy atom. The van der Waals surface area contributed by atoms with Crippen molar-refractivity contribution in [2.45, 2.75) is 51.5 Å². The molecule has 1 heterocycles. The molecule has 2 fully saturated rings. The van der Waals surface area contributed by atoms with Gasteiger partial charge in [-0.05, 0) is 39.2 Å². The normalized spacial score (nSPS) is 29.9. The molecule has 2 aliphatic rings. The molecule has 1 saturated heterocycles. The summed E-state index contributed by atoms with van der Waals surface area (Å²) in [6.07, 6.45) is 4.96. The number of piperidine rings is 1. The summed E-state index contributed by atoms with van der Waals surface area (Å²) in [5, 5.41) is 15.6. The number of nitrogens with one attached hydrogen (secondary N) is 2. The molecule has 5 heteroatoms. The predicted octanol–water partition coefficient (Wildman–Crippen LogP) is 1.14. The van der Waals surface area contributed by atoms with Crippen LogP contribution in [0.5, 0.6) is 0 Å². The molecule has 2 rings (SSSR count). The second-order valence-corrected chi connectivity index (χ2v) is 6.09. The summed E-state index contributed by atoms with van der Waals surface area (Å²) in [5.74, 6) is -0.701. The quantitative estimate of drug-likeness (QED) is 0.714. The first-order valence-corrected chi connectivity index (χ1v) is 7.28. The van der Waals surface area contributed by atoms with E-state index in [0.717, 1.165) is 32.2 Å². The third-order valence-corrected chi connectivity index (χ3v) is 4.61. The first-order chi connectivity index (χ1) is 9.03. The largest absolute Gasteiger partial charge is 0.481 e. The maximum Gasteiger partial charge on any atom is 0.311 e. The smallest absolute Gasteiger partial charge is 0.311 e. The number of rotatable bonds is 4. The van der Waals surface area contributed by atoms with Gasteiger partial charge in [-0.2, -0.15) is 0 Å². The van der Waals surface area contributed by atoms with E-state index in [2.05, 4.69) is 17.6 Å². The van der Waals surface area contributed by atoms with E-state index in [0.29, 0.717) is 25.4 Å². The van der Waals surface area contributed by atoms with Crippen LogP contribution in [0.15, 0.2) is 0 Å². The van der Waals surface area contributed by atoms with Crippen LogP contribution >= 0.6 is 0 Å². The molecule has 2 atom stereocenters. The Balaban J connectivity index is 1.87. The topological polar surface area (TPSA) is 78.4 Å². The Labute approximate surface area is 114 Å². The predicted molar refractivity (Wildman–Crippen MR) is 71.7 cm³/mol. The van der Waals surface area contributed by atoms with Gasteiger partial charge in [-0.1, -0.05) is 12.8 Å². The molecule has 3 N–H and O–H groups in total. The molecule has 1 aliphatic heterocycles. The highest BCUT2D eigenvalue weighted by atomic mass is 16.4. The lowest BCUT2D eigenvalue weighted by atomic mass is 9.85. The lowest BCUT2D eigenvalue weighted by Gasteiger charge is -2.29. The highest BCUT2D eigenvalue weighted by Crippen LogP contribution is 2.37. The second-order valence-electron chi connectivity index (χ2n) is 6.09. The van der Waals surface area contributed by atoms with Crippen LogP contribution in [0, 0.1) is 11.3 Å². The van der Waals surface area contributed by atoms with Crippen molar-refractivity contribution in [2.75, 3.05) is 13.1 Å². The molecule has 1 amide bonds. The van der Waals surface area contributed by atoms with Gasteiger partial charge in [-0.15, -0.1) is 0 Å². The molecule has 0 aromatic heterocycles. The van der Waals surface area contributed by atoms with Crippen molar-refractivity contribution in [1.29, 1.82) is 0 Å². The average molecular weight is 268 g/mol. The molecule has 5 nitrogen and oxygen atoms in total. The fourth-order valence-electron chi connectivity index (χ4n) is 3.29. The van der Waals surface area contributed by atoms with E-state index in [-0.39, 0.29) is 11.8 Å². The summed E-state index contributed by atoms with van der Waals surface area (Å²) in [4.78, 5) is 23.5. The maximum absolute atomic E-state index is 12.1. The van der Waals surface area contributed by atoms with Crippen molar-refractivity contribution >= 4 is 11.9 Å². The molecule has 0 bridgehead atoms. The van der Waals surface area contributed by atoms with Crippen molar-refractivity contribution in [3.8, 4) is 0 Å². The maximum atomic E-state index is 12.1. The van der Waals surface area contributed by atoms with Gasteiger partial charge in [-0.25, -0.2) is 0 Å². The lowest BCUT2D eigenvalue weighted by Crippen LogP contribution is -2.46. The van der Waals surface area contributed by atoms with Gasteiger partial charge < -0.3 is 15.7 Å². The Morgan fingerprint density at radius 3 is 2.63 bits per heavy atom. The Morgan fingerprint density at radius 2 is 2.05 bits per heavy atom. The number of hydrogen-bond acceptors (Lipinski definition) is 3. The minimum Gasteiger partial charge on any atom is -0.481 e. The van der Waals surface area contributed by atoms with Crippen LogP contribution in [-0.4, -0.2) is 36.1 Å². The van der Waals surface area contributed by atoms with Gasteiger partial charge in [0.1, 0.15) is 0 Å². The van der Waals surface area contributed by atoms with E-state index in [1.807, 2.05) is 0 Å². The molecule has 0 spiro atoms. The van der Waals surface area contributed by atoms with Crippen molar-refractivity contribution in [3.63, 3.8) is 0 Å². The molecule has 1 aliphatic carbocycles. The number of amides is 1. The van der Waals surface area contributed by atoms with Gasteiger partial charge >= 0.3 is 5.97 Å². The number of carboxylic acid groups (broad SMARTS) is 1. The van der Waals surface area contributed by atoms with Gasteiger partial charge in [0.2, 0.25) is 5.91 Å². The van der Waals surface area contributed by atoms with E-state index in [1.54, 1.807) is 0 Å². The highest BCUT2D eigenvalue weighted by molar-refractivity contribution is 5.81. The fourth-order valence-corrected chi connectivity index (χ4v) is 3.29. The number of aliphatic carboxylic acids is 1. The Kier molecular flexibility index (Phi) is 4.45. The minimum absolute atomic E-state index is 0.0286. The SMILES string of the molecule is CC1CC(C(=O)NCC2(C(=O)O)CCCC2)CCN1. The average Bonchev–Trinajstić information content (AvgIpc) is 2.86. The number of carboxylic acids is 1. The minimum atomic E-state index is -0.760. The molecule has 1 saturated carbocycles. The van der Waals surface area contributed by atoms with Gasteiger partial charge in [-0.3, -0.25) is 9.59 Å². The molecule has 0 radical (unpaired) electrons. The third kappa shape index (κ3) is 3.26. The van der Waals surface area contributed by atoms with Crippen LogP contribution in [-0.2, 0) is 9.59 Å². The van der Waals surface area contributed by atoms with Crippen LogP contribution in [0.1, 0.15) is 45.4 Å². The van der Waals surface area contributed by atoms with Crippen LogP contribution in [0.3, 0.4) is 0 Å². The van der Waals surface area contributed by atoms with Gasteiger partial charge in [0.15, 0.2) is 0 Å². The fraction of sp³-hybridized carbons (Fsp3) is 0.857. The van der Waals surface area contributed by atoms with Gasteiger partial charge in [0.05, 0.1) is 5.41 Å². The van der Waals surface area contributed by atoms with Gasteiger partial charge in [0.25, 0.3) is 0 Å². The molecule has 108 valence electrons. The monoisotopic (exact) mass is 268 g/mol. The zero-order valence-electron chi connectivity index (χ0n) is 11.6. The summed E-state index contributed by atoms with van der Waals surface area (Å²) < 4.78 is 0. The van der Waals surface area contributed by atoms with Gasteiger partial charge in [0, 0.05) is 18.5 Å². The standard InChI is InChI=1S/C14H24N2O3/c1-10-8-11(4-7-15-10)12(17)16-9-14(13(18)19)5-2-3-6-14/h10-11,15H,2-9H2,1H3,(H,16,17)(H,18,19). The summed E-state index contributed by atoms with van der Waals surface area (Å²) in [7, 11) is 0. The van der Waals surface area contributed by atoms with E-state index < -0.39 is 11.4 Å². The highest BCUT2D eigenvalue weighted by Gasteiger charge is 2.41. The van der Waals surface area contributed by atoms with Crippen LogP contribution in [0.2, 0.25) is 0 Å². The Bertz CT molecular complexity index is 351. The van der Waals surface area contributed by atoms with Crippen molar-refractivity contribution in [1.82, 2.24) is 10.6 Å². The van der Waals surface area contributed by atoms with E-state index in [1.165, 1.54) is 0 Å². The third-order valence-electron chi connectivity index (χ3n) is 4.61. The first kappa shape index (κ1) is 14.3. The first-order valence-electron chi connectivity index (χ1n) is 7.28. The second kappa shape index (κ2) is 5.90. The molecule has 2 unspecified atom stereocenters. The summed E-state index contributed by atoms with van der Waals surface area (Å²) in [6.45, 7) is 3.23. The van der Waals surface area contributed by atoms with E-state index in [4.69, 9.17) is 0 Å². The van der Waals surface area contributed by atoms with Crippen molar-refractivity contribution < 1.29 is 14.7 Å². The lowest BCUT2D eigenvalue weighted by molar-refractivity contribution is -0.148. The molecular formula is C14H24N2O3. The number of carbonyl (C=O) groups is 2. The molecular weight excluding hydrogens is 244 g/mol. The summed E-state index contributed by atoms with van der Waals surface area (Å²) in [5.41, 5.74) is -0.714. The zero-order valence-corrected chi connectivity index (χ0v) is 11.6. The van der Waals surface area contributed by atoms with Crippen molar-refractivity contribution in [2.24, 2.45) is 11.3 Å². The molecule has 19 heavy (non-hydrogen) atoms. The van der Waals surface area contributed by atoms with Crippen LogP contribution < -0.4 is 10.6 Å². The zero-order chi connectivity index (χ0) is 13.9. The van der Waals surface area contributed by atoms with E-state index >= 15 is 0 Å². The van der Waals surface area contributed by atoms with Crippen molar-refractivity contribution in [3.05, 3.63) is 0 Å². The number of carbonyl (C=O) groups excluding carboxylic acids is 1. The molecule has 0 aromatic rings. The number of hydrogen-bond donors (Lipinski definition) is 3. The van der Waals surface area contributed by atoms with E-state index in [9.17, 15) is 14.7 Å². The van der Waals surface area contributed by atoms with Crippen LogP contribution in [0.4, 0.5) is 0 Å². The van der Waals surface area contributed by atoms with Crippen LogP contribution in [0.25, 0.3) is 0 Å². The molecule has 0 aromatic carbocycles. The summed E-state index contributed by atoms with van der Waals surface area (Å²) >= 11 is 0.